The SMILES string of the molecule is NNC(=NC1CC1)c1cccc(C(F)(F)F)c1F. The fraction of sp³-hybridized carbons (Fsp3) is 0.364. The van der Waals surface area contributed by atoms with Crippen LogP contribution in [-0.2, 0) is 6.18 Å². The average Bonchev–Trinajstić information content (AvgIpc) is 3.09. The van der Waals surface area contributed by atoms with Crippen molar-refractivity contribution in [2.24, 2.45) is 10.8 Å². The predicted molar refractivity (Wildman–Crippen MR) is 58.3 cm³/mol. The second-order valence-corrected chi connectivity index (χ2v) is 4.02. The molecule has 0 atom stereocenters. The lowest BCUT2D eigenvalue weighted by molar-refractivity contribution is -0.140. The van der Waals surface area contributed by atoms with Gasteiger partial charge in [0.2, 0.25) is 0 Å². The van der Waals surface area contributed by atoms with Gasteiger partial charge in [0.15, 0.2) is 0 Å². The molecule has 2 rings (SSSR count). The van der Waals surface area contributed by atoms with Crippen LogP contribution in [0, 0.1) is 5.82 Å². The highest BCUT2D eigenvalue weighted by molar-refractivity contribution is 5.99. The van der Waals surface area contributed by atoms with Gasteiger partial charge < -0.3 is 5.43 Å². The number of halogens is 4. The summed E-state index contributed by atoms with van der Waals surface area (Å²) >= 11 is 0. The summed E-state index contributed by atoms with van der Waals surface area (Å²) in [7, 11) is 0. The minimum absolute atomic E-state index is 0.0185. The topological polar surface area (TPSA) is 50.4 Å². The predicted octanol–water partition coefficient (Wildman–Crippen LogP) is 2.22. The van der Waals surface area contributed by atoms with E-state index in [1.807, 2.05) is 0 Å². The molecule has 3 nitrogen and oxygen atoms in total. The number of nitrogens with zero attached hydrogens (tertiary/aromatic N) is 1. The van der Waals surface area contributed by atoms with Crippen molar-refractivity contribution >= 4 is 5.84 Å². The summed E-state index contributed by atoms with van der Waals surface area (Å²) in [6, 6.07) is 3.04. The van der Waals surface area contributed by atoms with E-state index in [0.717, 1.165) is 18.9 Å². The third kappa shape index (κ3) is 2.61. The maximum Gasteiger partial charge on any atom is 0.419 e. The van der Waals surface area contributed by atoms with Crippen LogP contribution in [0.5, 0.6) is 0 Å². The van der Waals surface area contributed by atoms with Crippen LogP contribution in [0.3, 0.4) is 0 Å². The van der Waals surface area contributed by atoms with E-state index >= 15 is 0 Å². The van der Waals surface area contributed by atoms with E-state index in [9.17, 15) is 17.6 Å². The van der Waals surface area contributed by atoms with Gasteiger partial charge in [-0.2, -0.15) is 13.2 Å². The van der Waals surface area contributed by atoms with Crippen molar-refractivity contribution in [3.63, 3.8) is 0 Å². The third-order valence-electron chi connectivity index (χ3n) is 2.55. The van der Waals surface area contributed by atoms with E-state index in [1.54, 1.807) is 0 Å². The fourth-order valence-electron chi connectivity index (χ4n) is 1.50. The summed E-state index contributed by atoms with van der Waals surface area (Å²) in [5.41, 5.74) is 0.567. The molecule has 0 unspecified atom stereocenters. The molecule has 1 aliphatic carbocycles. The minimum Gasteiger partial charge on any atom is -0.308 e. The number of alkyl halides is 3. The molecule has 0 amide bonds. The number of aliphatic imine (C=N–C) groups is 1. The van der Waals surface area contributed by atoms with Gasteiger partial charge in [-0.25, -0.2) is 10.2 Å². The normalized spacial score (nSPS) is 16.8. The van der Waals surface area contributed by atoms with E-state index in [0.29, 0.717) is 6.07 Å². The highest BCUT2D eigenvalue weighted by Gasteiger charge is 2.35. The van der Waals surface area contributed by atoms with Gasteiger partial charge in [0, 0.05) is 0 Å². The molecule has 0 radical (unpaired) electrons. The lowest BCUT2D eigenvalue weighted by Crippen LogP contribution is -2.32. The van der Waals surface area contributed by atoms with Crippen molar-refractivity contribution in [3.05, 3.63) is 35.1 Å². The van der Waals surface area contributed by atoms with Gasteiger partial charge in [0.05, 0.1) is 17.2 Å². The molecule has 0 aromatic heterocycles. The largest absolute Gasteiger partial charge is 0.419 e. The summed E-state index contributed by atoms with van der Waals surface area (Å²) in [5.74, 6) is 3.77. The lowest BCUT2D eigenvalue weighted by Gasteiger charge is -2.12. The zero-order chi connectivity index (χ0) is 13.3. The maximum absolute atomic E-state index is 13.8. The molecule has 3 N–H and O–H groups in total. The van der Waals surface area contributed by atoms with Crippen LogP contribution < -0.4 is 11.3 Å². The first-order valence-corrected chi connectivity index (χ1v) is 5.34. The summed E-state index contributed by atoms with van der Waals surface area (Å²) in [4.78, 5) is 4.03. The van der Waals surface area contributed by atoms with Crippen LogP contribution in [0.1, 0.15) is 24.0 Å². The van der Waals surface area contributed by atoms with Gasteiger partial charge in [0.1, 0.15) is 11.7 Å². The lowest BCUT2D eigenvalue weighted by atomic mass is 10.1. The van der Waals surface area contributed by atoms with Crippen LogP contribution in [0.25, 0.3) is 0 Å². The molecule has 7 heteroatoms. The molecular weight excluding hydrogens is 250 g/mol. The average molecular weight is 261 g/mol. The zero-order valence-corrected chi connectivity index (χ0v) is 9.26. The molecule has 1 aliphatic rings. The van der Waals surface area contributed by atoms with E-state index in [2.05, 4.69) is 10.4 Å². The van der Waals surface area contributed by atoms with E-state index < -0.39 is 17.6 Å². The third-order valence-corrected chi connectivity index (χ3v) is 2.55. The van der Waals surface area contributed by atoms with Crippen molar-refractivity contribution < 1.29 is 17.6 Å². The molecule has 1 saturated carbocycles. The number of rotatable bonds is 2. The molecule has 1 fully saturated rings. The minimum atomic E-state index is -4.74. The van der Waals surface area contributed by atoms with Gasteiger partial charge in [0.25, 0.3) is 0 Å². The Kier molecular flexibility index (Phi) is 3.25. The molecule has 1 aromatic carbocycles. The Morgan fingerprint density at radius 2 is 2.00 bits per heavy atom. The molecule has 0 aliphatic heterocycles. The van der Waals surface area contributed by atoms with E-state index in [-0.39, 0.29) is 17.4 Å². The van der Waals surface area contributed by atoms with E-state index in [4.69, 9.17) is 5.84 Å². The van der Waals surface area contributed by atoms with Crippen LogP contribution in [0.4, 0.5) is 17.6 Å². The molecule has 1 aromatic rings. The number of nitrogens with two attached hydrogens (primary N) is 1. The smallest absolute Gasteiger partial charge is 0.308 e. The standard InChI is InChI=1S/C11H11F4N3/c12-9-7(10(18-16)17-6-4-5-6)2-1-3-8(9)11(13,14)15/h1-3,6H,4-5,16H2,(H,17,18). The first-order chi connectivity index (χ1) is 8.43. The van der Waals surface area contributed by atoms with Crippen LogP contribution in [0.15, 0.2) is 23.2 Å². The Labute approximate surface area is 101 Å². The van der Waals surface area contributed by atoms with Gasteiger partial charge >= 0.3 is 6.18 Å². The summed E-state index contributed by atoms with van der Waals surface area (Å²) in [6.45, 7) is 0. The number of hydrazine groups is 1. The second kappa shape index (κ2) is 4.56. The molecule has 0 heterocycles. The number of hydrogen-bond acceptors (Lipinski definition) is 2. The Morgan fingerprint density at radius 1 is 1.33 bits per heavy atom. The Bertz CT molecular complexity index is 478. The van der Waals surface area contributed by atoms with Gasteiger partial charge in [-0.15, -0.1) is 0 Å². The number of amidine groups is 1. The summed E-state index contributed by atoms with van der Waals surface area (Å²) in [5, 5.41) is 0. The van der Waals surface area contributed by atoms with Gasteiger partial charge in [-0.3, -0.25) is 4.99 Å². The van der Waals surface area contributed by atoms with Crippen LogP contribution in [-0.4, -0.2) is 11.9 Å². The Hall–Kier alpha value is -1.63. The monoisotopic (exact) mass is 261 g/mol. The van der Waals surface area contributed by atoms with Gasteiger partial charge in [-0.1, -0.05) is 6.07 Å². The van der Waals surface area contributed by atoms with Crippen molar-refractivity contribution in [2.45, 2.75) is 25.1 Å². The molecule has 18 heavy (non-hydrogen) atoms. The van der Waals surface area contributed by atoms with Crippen molar-refractivity contribution in [1.29, 1.82) is 0 Å². The fourth-order valence-corrected chi connectivity index (χ4v) is 1.50. The number of benzene rings is 1. The van der Waals surface area contributed by atoms with Crippen LogP contribution in [0.2, 0.25) is 0 Å². The molecule has 0 bridgehead atoms. The number of nitrogens with one attached hydrogen (secondary N) is 1. The molecule has 0 saturated heterocycles. The molecule has 0 spiro atoms. The van der Waals surface area contributed by atoms with Crippen molar-refractivity contribution in [2.75, 3.05) is 0 Å². The maximum atomic E-state index is 13.8. The summed E-state index contributed by atoms with van der Waals surface area (Å²) < 4.78 is 51.4. The summed E-state index contributed by atoms with van der Waals surface area (Å²) in [6.07, 6.45) is -3.06. The Balaban J connectivity index is 2.44. The number of hydrogen-bond donors (Lipinski definition) is 2. The highest BCUT2D eigenvalue weighted by Crippen LogP contribution is 2.32. The first kappa shape index (κ1) is 12.8. The second-order valence-electron chi connectivity index (χ2n) is 4.02. The Morgan fingerprint density at radius 3 is 2.50 bits per heavy atom. The van der Waals surface area contributed by atoms with E-state index in [1.165, 1.54) is 6.07 Å². The molecule has 98 valence electrons. The van der Waals surface area contributed by atoms with Crippen molar-refractivity contribution in [1.82, 2.24) is 5.43 Å². The first-order valence-electron chi connectivity index (χ1n) is 5.34. The molecular formula is C11H11F4N3. The zero-order valence-electron chi connectivity index (χ0n) is 9.26. The quantitative estimate of drug-likeness (QED) is 0.282. The van der Waals surface area contributed by atoms with Crippen molar-refractivity contribution in [3.8, 4) is 0 Å². The highest BCUT2D eigenvalue weighted by atomic mass is 19.4. The van der Waals surface area contributed by atoms with Crippen LogP contribution >= 0.6 is 0 Å². The van der Waals surface area contributed by atoms with Gasteiger partial charge in [-0.05, 0) is 25.0 Å².